The molecule has 0 aromatic heterocycles. The quantitative estimate of drug-likeness (QED) is 0.771. The molecule has 1 aromatic rings. The maximum Gasteiger partial charge on any atom is 0.115 e. The maximum absolute atomic E-state index is 8.63. The Hall–Kier alpha value is -0.550. The number of hydrogen-bond acceptors (Lipinski definition) is 1. The van der Waals surface area contributed by atoms with Gasteiger partial charge in [-0.3, -0.25) is 0 Å². The minimum atomic E-state index is -0.420. The van der Waals surface area contributed by atoms with Gasteiger partial charge in [-0.25, -0.2) is 0 Å². The second-order valence-electron chi connectivity index (χ2n) is 3.94. The van der Waals surface area contributed by atoms with Gasteiger partial charge in [0.2, 0.25) is 0 Å². The van der Waals surface area contributed by atoms with E-state index < -0.39 is 7.26 Å². The minimum Gasteiger partial charge on any atom is -0.508 e. The van der Waals surface area contributed by atoms with Crippen molar-refractivity contribution in [3.05, 3.63) is 30.3 Å². The molecule has 1 nitrogen and oxygen atoms in total. The van der Waals surface area contributed by atoms with E-state index in [0.29, 0.717) is 5.75 Å². The molecule has 0 aliphatic carbocycles. The summed E-state index contributed by atoms with van der Waals surface area (Å²) in [5.74, 6) is 0.322. The molecule has 0 saturated heterocycles. The van der Waals surface area contributed by atoms with E-state index in [4.69, 9.17) is 5.11 Å². The van der Waals surface area contributed by atoms with Crippen LogP contribution in [0.5, 0.6) is 5.75 Å². The molecule has 0 bridgehead atoms. The first-order valence-electron chi connectivity index (χ1n) is 6.23. The molecule has 0 saturated carbocycles. The lowest BCUT2D eigenvalue weighted by molar-refractivity contribution is 0.475. The van der Waals surface area contributed by atoms with Crippen molar-refractivity contribution in [2.24, 2.45) is 0 Å². The lowest BCUT2D eigenvalue weighted by Crippen LogP contribution is -2.04. The fourth-order valence-electron chi connectivity index (χ4n) is 1.77. The van der Waals surface area contributed by atoms with Crippen LogP contribution in [0.3, 0.4) is 0 Å². The van der Waals surface area contributed by atoms with E-state index in [-0.39, 0.29) is 0 Å². The third-order valence-corrected chi connectivity index (χ3v) is 8.81. The number of phenols is 1. The molecule has 0 radical (unpaired) electrons. The van der Waals surface area contributed by atoms with E-state index >= 15 is 0 Å². The van der Waals surface area contributed by atoms with Gasteiger partial charge in [-0.1, -0.05) is 18.2 Å². The first-order chi connectivity index (χ1) is 7.64. The molecule has 0 aliphatic rings. The van der Waals surface area contributed by atoms with Gasteiger partial charge >= 0.3 is 0 Å². The van der Waals surface area contributed by atoms with Gasteiger partial charge in [-0.2, -0.15) is 0 Å². The van der Waals surface area contributed by atoms with Crippen LogP contribution >= 0.6 is 7.26 Å². The van der Waals surface area contributed by atoms with Gasteiger partial charge in [0.1, 0.15) is 5.75 Å². The number of para-hydroxylation sites is 1. The summed E-state index contributed by atoms with van der Waals surface area (Å²) < 4.78 is 0. The summed E-state index contributed by atoms with van der Waals surface area (Å²) in [7, 11) is -0.420. The minimum absolute atomic E-state index is 0.322. The van der Waals surface area contributed by atoms with E-state index in [2.05, 4.69) is 27.7 Å². The van der Waals surface area contributed by atoms with Crippen LogP contribution in [0.1, 0.15) is 27.7 Å². The molecule has 0 heterocycles. The molecule has 16 heavy (non-hydrogen) atoms. The Morgan fingerprint density at radius 3 is 1.31 bits per heavy atom. The number of benzene rings is 1. The molecule has 0 spiro atoms. The van der Waals surface area contributed by atoms with Gasteiger partial charge in [-0.15, -0.1) is 0 Å². The average Bonchev–Trinajstić information content (AvgIpc) is 2.35. The van der Waals surface area contributed by atoms with Crippen molar-refractivity contribution in [2.45, 2.75) is 27.7 Å². The highest BCUT2D eigenvalue weighted by atomic mass is 31.2. The van der Waals surface area contributed by atoms with Gasteiger partial charge in [-0.05, 0) is 39.8 Å². The van der Waals surface area contributed by atoms with Gasteiger partial charge in [0, 0.05) is 7.26 Å². The lowest BCUT2D eigenvalue weighted by Gasteiger charge is -2.20. The molecule has 0 aliphatic heterocycles. The van der Waals surface area contributed by atoms with Crippen molar-refractivity contribution in [1.29, 1.82) is 0 Å². The Kier molecular flexibility index (Phi) is 8.29. The van der Waals surface area contributed by atoms with Gasteiger partial charge in [0.05, 0.1) is 24.6 Å². The molecule has 2 heteroatoms. The Bertz CT molecular complexity index is 237. The van der Waals surface area contributed by atoms with Crippen LogP contribution in [-0.2, 0) is 0 Å². The molecule has 92 valence electrons. The fourth-order valence-corrected chi connectivity index (χ4v) is 4.45. The number of rotatable bonds is 4. The smallest absolute Gasteiger partial charge is 0.115 e. The number of phenolic OH excluding ortho intramolecular Hbond substituents is 1. The van der Waals surface area contributed by atoms with Crippen LogP contribution in [0.25, 0.3) is 0 Å². The maximum atomic E-state index is 8.63. The highest BCUT2D eigenvalue weighted by Gasteiger charge is 2.27. The number of aromatic hydroxyl groups is 1. The largest absolute Gasteiger partial charge is 0.508 e. The van der Waals surface area contributed by atoms with Gasteiger partial charge in [0.15, 0.2) is 0 Å². The second-order valence-corrected chi connectivity index (χ2v) is 9.16. The zero-order valence-corrected chi connectivity index (χ0v) is 12.0. The summed E-state index contributed by atoms with van der Waals surface area (Å²) in [5.41, 5.74) is 0. The molecular formula is C14H26OP+. The molecular weight excluding hydrogens is 215 g/mol. The summed E-state index contributed by atoms with van der Waals surface area (Å²) in [5, 5.41) is 8.63. The zero-order valence-electron chi connectivity index (χ0n) is 11.1. The van der Waals surface area contributed by atoms with Crippen LogP contribution in [0, 0.1) is 0 Å². The first-order valence-corrected chi connectivity index (χ1v) is 8.76. The van der Waals surface area contributed by atoms with Gasteiger partial charge in [0.25, 0.3) is 0 Å². The standard InChI is InChI=1S/C8H20P.C6H6O/c1-5-9(6-2,7-3)8-4;7-6-4-2-1-3-5-6/h5-8H2,1-4H3;1-5,7H/q+1;. The average molecular weight is 241 g/mol. The van der Waals surface area contributed by atoms with Crippen molar-refractivity contribution in [3.63, 3.8) is 0 Å². The highest BCUT2D eigenvalue weighted by Crippen LogP contribution is 2.57. The molecule has 1 aromatic carbocycles. The summed E-state index contributed by atoms with van der Waals surface area (Å²) >= 11 is 0. The predicted molar refractivity (Wildman–Crippen MR) is 77.2 cm³/mol. The fraction of sp³-hybridized carbons (Fsp3) is 0.571. The third kappa shape index (κ3) is 5.51. The lowest BCUT2D eigenvalue weighted by atomic mass is 10.3. The van der Waals surface area contributed by atoms with Crippen molar-refractivity contribution >= 4 is 7.26 Å². The number of hydrogen-bond donors (Lipinski definition) is 1. The first kappa shape index (κ1) is 15.4. The highest BCUT2D eigenvalue weighted by molar-refractivity contribution is 7.75. The van der Waals surface area contributed by atoms with Crippen LogP contribution in [0.15, 0.2) is 30.3 Å². The van der Waals surface area contributed by atoms with Crippen molar-refractivity contribution in [3.8, 4) is 5.75 Å². The van der Waals surface area contributed by atoms with Crippen LogP contribution in [-0.4, -0.2) is 29.8 Å². The molecule has 0 atom stereocenters. The normalized spacial score (nSPS) is 10.5. The monoisotopic (exact) mass is 241 g/mol. The Labute approximate surface area is 101 Å². The van der Waals surface area contributed by atoms with E-state index in [9.17, 15) is 0 Å². The molecule has 0 amide bonds. The van der Waals surface area contributed by atoms with Gasteiger partial charge < -0.3 is 5.11 Å². The third-order valence-electron chi connectivity index (χ3n) is 3.44. The Morgan fingerprint density at radius 1 is 0.812 bits per heavy atom. The summed E-state index contributed by atoms with van der Waals surface area (Å²) in [6.07, 6.45) is 5.82. The topological polar surface area (TPSA) is 20.2 Å². The predicted octanol–water partition coefficient (Wildman–Crippen LogP) is 4.48. The van der Waals surface area contributed by atoms with E-state index in [1.54, 1.807) is 24.3 Å². The van der Waals surface area contributed by atoms with E-state index in [0.717, 1.165) is 0 Å². The summed E-state index contributed by atoms with van der Waals surface area (Å²) in [6.45, 7) is 9.41. The second kappa shape index (κ2) is 8.58. The molecule has 1 rings (SSSR count). The Balaban J connectivity index is 0.000000288. The van der Waals surface area contributed by atoms with E-state index in [1.165, 1.54) is 24.6 Å². The van der Waals surface area contributed by atoms with Crippen molar-refractivity contribution in [1.82, 2.24) is 0 Å². The van der Waals surface area contributed by atoms with Crippen LogP contribution in [0.4, 0.5) is 0 Å². The molecule has 1 N–H and O–H groups in total. The molecule has 0 fully saturated rings. The Morgan fingerprint density at radius 2 is 1.19 bits per heavy atom. The summed E-state index contributed by atoms with van der Waals surface area (Å²) in [6, 6.07) is 8.71. The van der Waals surface area contributed by atoms with Crippen LogP contribution < -0.4 is 0 Å². The van der Waals surface area contributed by atoms with Crippen LogP contribution in [0.2, 0.25) is 0 Å². The van der Waals surface area contributed by atoms with Crippen molar-refractivity contribution < 1.29 is 5.11 Å². The van der Waals surface area contributed by atoms with Crippen molar-refractivity contribution in [2.75, 3.05) is 24.6 Å². The SMILES string of the molecule is CC[P+](CC)(CC)CC.Oc1ccccc1. The zero-order chi connectivity index (χ0) is 12.4. The van der Waals surface area contributed by atoms with E-state index in [1.807, 2.05) is 6.07 Å². The molecule has 0 unspecified atom stereocenters. The summed E-state index contributed by atoms with van der Waals surface area (Å²) in [4.78, 5) is 0.